The predicted octanol–water partition coefficient (Wildman–Crippen LogP) is 3.50. The van der Waals surface area contributed by atoms with Gasteiger partial charge in [0.15, 0.2) is 0 Å². The Morgan fingerprint density at radius 3 is 2.95 bits per heavy atom. The van der Waals surface area contributed by atoms with Gasteiger partial charge in [-0.1, -0.05) is 18.2 Å². The zero-order chi connectivity index (χ0) is 13.2. The van der Waals surface area contributed by atoms with Crippen LogP contribution < -0.4 is 5.32 Å². The van der Waals surface area contributed by atoms with E-state index in [1.807, 2.05) is 35.7 Å². The maximum absolute atomic E-state index is 12.6. The van der Waals surface area contributed by atoms with E-state index in [0.29, 0.717) is 6.54 Å². The van der Waals surface area contributed by atoms with Crippen LogP contribution in [0, 0.1) is 0 Å². The van der Waals surface area contributed by atoms with Gasteiger partial charge in [0.2, 0.25) is 0 Å². The summed E-state index contributed by atoms with van der Waals surface area (Å²) in [6, 6.07) is 9.66. The molecule has 1 aliphatic heterocycles. The number of nitrogens with one attached hydrogen (secondary N) is 1. The Kier molecular flexibility index (Phi) is 3.09. The third-order valence-corrected chi connectivity index (χ3v) is 3.91. The molecule has 96 valence electrons. The molecule has 1 aromatic carbocycles. The molecule has 1 N–H and O–H groups in total. The van der Waals surface area contributed by atoms with Gasteiger partial charge >= 0.3 is 0 Å². The van der Waals surface area contributed by atoms with Crippen LogP contribution in [0.3, 0.4) is 0 Å². The lowest BCUT2D eigenvalue weighted by Crippen LogP contribution is -2.42. The van der Waals surface area contributed by atoms with Crippen molar-refractivity contribution in [3.05, 3.63) is 64.9 Å². The zero-order valence-electron chi connectivity index (χ0n) is 10.4. The van der Waals surface area contributed by atoms with E-state index in [1.165, 1.54) is 0 Å². The summed E-state index contributed by atoms with van der Waals surface area (Å²) in [6.07, 6.45) is 1.64. The number of thiophene rings is 1. The first-order chi connectivity index (χ1) is 9.31. The molecule has 0 saturated carbocycles. The van der Waals surface area contributed by atoms with Crippen LogP contribution in [-0.4, -0.2) is 17.4 Å². The third-order valence-electron chi connectivity index (χ3n) is 3.21. The molecule has 1 aliphatic rings. The Bertz CT molecular complexity index is 606. The molecule has 2 heterocycles. The summed E-state index contributed by atoms with van der Waals surface area (Å²) in [4.78, 5) is 14.4. The Morgan fingerprint density at radius 1 is 1.37 bits per heavy atom. The van der Waals surface area contributed by atoms with Gasteiger partial charge in [0, 0.05) is 17.8 Å². The van der Waals surface area contributed by atoms with Crippen molar-refractivity contribution in [2.24, 2.45) is 0 Å². The highest BCUT2D eigenvalue weighted by atomic mass is 32.1. The number of anilines is 1. The van der Waals surface area contributed by atoms with Crippen LogP contribution in [0.1, 0.15) is 22.1 Å². The van der Waals surface area contributed by atoms with E-state index >= 15 is 0 Å². The average Bonchev–Trinajstić information content (AvgIpc) is 2.96. The smallest absolute Gasteiger partial charge is 0.258 e. The lowest BCUT2D eigenvalue weighted by atomic mass is 10.1. The van der Waals surface area contributed by atoms with Crippen molar-refractivity contribution < 1.29 is 4.79 Å². The molecule has 1 aromatic heterocycles. The molecule has 0 bridgehead atoms. The van der Waals surface area contributed by atoms with Gasteiger partial charge in [0.05, 0.1) is 5.56 Å². The summed E-state index contributed by atoms with van der Waals surface area (Å²) in [7, 11) is 0. The van der Waals surface area contributed by atoms with E-state index in [2.05, 4.69) is 17.3 Å². The number of carbonyl (C=O) groups excluding carboxylic acids is 1. The average molecular weight is 270 g/mol. The van der Waals surface area contributed by atoms with Gasteiger partial charge in [-0.2, -0.15) is 11.3 Å². The van der Waals surface area contributed by atoms with E-state index < -0.39 is 0 Å². The predicted molar refractivity (Wildman–Crippen MR) is 78.4 cm³/mol. The molecule has 0 aliphatic carbocycles. The minimum atomic E-state index is -0.119. The summed E-state index contributed by atoms with van der Waals surface area (Å²) < 4.78 is 0. The van der Waals surface area contributed by atoms with E-state index in [0.717, 1.165) is 16.8 Å². The second-order valence-corrected chi connectivity index (χ2v) is 5.18. The minimum absolute atomic E-state index is 0.0467. The van der Waals surface area contributed by atoms with Gasteiger partial charge in [-0.25, -0.2) is 0 Å². The number of hydrogen-bond acceptors (Lipinski definition) is 3. The molecule has 3 rings (SSSR count). The first kappa shape index (κ1) is 12.0. The number of amides is 1. The normalized spacial score (nSPS) is 17.8. The Balaban J connectivity index is 2.05. The van der Waals surface area contributed by atoms with Crippen LogP contribution in [0.25, 0.3) is 0 Å². The Hall–Kier alpha value is -2.07. The topological polar surface area (TPSA) is 32.3 Å². The molecule has 1 unspecified atom stereocenters. The molecule has 0 radical (unpaired) electrons. The summed E-state index contributed by atoms with van der Waals surface area (Å²) >= 11 is 1.63. The van der Waals surface area contributed by atoms with Crippen molar-refractivity contribution in [3.63, 3.8) is 0 Å². The lowest BCUT2D eigenvalue weighted by Gasteiger charge is -2.37. The van der Waals surface area contributed by atoms with Gasteiger partial charge in [0.25, 0.3) is 5.91 Å². The molecule has 1 amide bonds. The number of fused-ring (bicyclic) bond motifs is 1. The monoisotopic (exact) mass is 270 g/mol. The van der Waals surface area contributed by atoms with Crippen molar-refractivity contribution in [2.45, 2.75) is 6.17 Å². The van der Waals surface area contributed by atoms with Crippen LogP contribution in [0.15, 0.2) is 53.7 Å². The third kappa shape index (κ3) is 2.04. The van der Waals surface area contributed by atoms with E-state index in [-0.39, 0.29) is 12.1 Å². The maximum Gasteiger partial charge on any atom is 0.258 e. The molecular weight excluding hydrogens is 256 g/mol. The van der Waals surface area contributed by atoms with Crippen LogP contribution in [0.2, 0.25) is 0 Å². The largest absolute Gasteiger partial charge is 0.361 e. The zero-order valence-corrected chi connectivity index (χ0v) is 11.2. The van der Waals surface area contributed by atoms with Crippen molar-refractivity contribution in [3.8, 4) is 0 Å². The fraction of sp³-hybridized carbons (Fsp3) is 0.133. The van der Waals surface area contributed by atoms with Crippen LogP contribution >= 0.6 is 11.3 Å². The highest BCUT2D eigenvalue weighted by Gasteiger charge is 2.31. The highest BCUT2D eigenvalue weighted by molar-refractivity contribution is 7.08. The molecule has 3 nitrogen and oxygen atoms in total. The maximum atomic E-state index is 12.6. The number of carbonyl (C=O) groups is 1. The van der Waals surface area contributed by atoms with E-state index in [1.54, 1.807) is 22.3 Å². The van der Waals surface area contributed by atoms with E-state index in [4.69, 9.17) is 0 Å². The summed E-state index contributed by atoms with van der Waals surface area (Å²) in [6.45, 7) is 4.27. The van der Waals surface area contributed by atoms with Gasteiger partial charge in [-0.3, -0.25) is 4.79 Å². The quantitative estimate of drug-likeness (QED) is 0.866. The fourth-order valence-electron chi connectivity index (χ4n) is 2.31. The fourth-order valence-corrected chi connectivity index (χ4v) is 2.99. The molecule has 0 fully saturated rings. The number of hydrogen-bond donors (Lipinski definition) is 1. The van der Waals surface area contributed by atoms with Crippen LogP contribution in [0.5, 0.6) is 0 Å². The highest BCUT2D eigenvalue weighted by Crippen LogP contribution is 2.33. The second-order valence-electron chi connectivity index (χ2n) is 4.40. The van der Waals surface area contributed by atoms with Gasteiger partial charge in [-0.05, 0) is 29.0 Å². The standard InChI is InChI=1S/C15H14N2OS/c1-2-8-17-14(11-7-9-19-10-11)16-13-6-4-3-5-12(13)15(17)18/h2-7,9-10,14,16H,1,8H2. The molecule has 2 aromatic rings. The van der Waals surface area contributed by atoms with Gasteiger partial charge < -0.3 is 10.2 Å². The lowest BCUT2D eigenvalue weighted by molar-refractivity contribution is 0.0708. The van der Waals surface area contributed by atoms with Crippen molar-refractivity contribution in [2.75, 3.05) is 11.9 Å². The molecule has 0 saturated heterocycles. The molecule has 19 heavy (non-hydrogen) atoms. The van der Waals surface area contributed by atoms with Gasteiger partial charge in [0.1, 0.15) is 6.17 Å². The first-order valence-electron chi connectivity index (χ1n) is 6.11. The number of rotatable bonds is 3. The molecule has 4 heteroatoms. The summed E-state index contributed by atoms with van der Waals surface area (Å²) in [5, 5.41) is 7.52. The van der Waals surface area contributed by atoms with Gasteiger partial charge in [-0.15, -0.1) is 6.58 Å². The minimum Gasteiger partial charge on any atom is -0.361 e. The van der Waals surface area contributed by atoms with Crippen molar-refractivity contribution >= 4 is 22.9 Å². The van der Waals surface area contributed by atoms with Crippen LogP contribution in [-0.2, 0) is 0 Å². The Labute approximate surface area is 116 Å². The number of para-hydroxylation sites is 1. The summed E-state index contributed by atoms with van der Waals surface area (Å²) in [5.41, 5.74) is 2.72. The molecular formula is C15H14N2OS. The second kappa shape index (κ2) is 4.90. The first-order valence-corrected chi connectivity index (χ1v) is 7.05. The summed E-state index contributed by atoms with van der Waals surface area (Å²) in [5.74, 6) is 0.0467. The van der Waals surface area contributed by atoms with Crippen molar-refractivity contribution in [1.29, 1.82) is 0 Å². The number of nitrogens with zero attached hydrogens (tertiary/aromatic N) is 1. The van der Waals surface area contributed by atoms with E-state index in [9.17, 15) is 4.79 Å². The number of benzene rings is 1. The molecule has 0 spiro atoms. The Morgan fingerprint density at radius 2 is 2.21 bits per heavy atom. The SMILES string of the molecule is C=CCN1C(=O)c2ccccc2NC1c1ccsc1. The molecule has 1 atom stereocenters. The van der Waals surface area contributed by atoms with Crippen LogP contribution in [0.4, 0.5) is 5.69 Å². The van der Waals surface area contributed by atoms with Crippen molar-refractivity contribution in [1.82, 2.24) is 4.90 Å².